The van der Waals surface area contributed by atoms with E-state index in [9.17, 15) is 5.26 Å². The maximum atomic E-state index is 9.37. The zero-order valence-electron chi connectivity index (χ0n) is 15.0. The highest BCUT2D eigenvalue weighted by atomic mass is 32.1. The van der Waals surface area contributed by atoms with Crippen molar-refractivity contribution in [2.45, 2.75) is 6.42 Å². The molecule has 0 fully saturated rings. The largest absolute Gasteiger partial charge is 0.497 e. The minimum Gasteiger partial charge on any atom is -0.497 e. The van der Waals surface area contributed by atoms with Crippen molar-refractivity contribution in [3.8, 4) is 11.8 Å². The van der Waals surface area contributed by atoms with Crippen molar-refractivity contribution in [3.63, 3.8) is 0 Å². The van der Waals surface area contributed by atoms with Crippen LogP contribution in [0.1, 0.15) is 12.0 Å². The molecule has 0 saturated carbocycles. The monoisotopic (exact) mass is 373 g/mol. The number of rotatable bonds is 9. The summed E-state index contributed by atoms with van der Waals surface area (Å²) >= 11 is 5.16. The molecular formula is C18H23N5O2S. The summed E-state index contributed by atoms with van der Waals surface area (Å²) < 4.78 is 10.2. The molecule has 8 heteroatoms. The van der Waals surface area contributed by atoms with Gasteiger partial charge in [0.05, 0.1) is 24.8 Å². The third-order valence-corrected chi connectivity index (χ3v) is 3.95. The number of anilines is 1. The second-order valence-corrected chi connectivity index (χ2v) is 5.92. The number of aromatic nitrogens is 1. The van der Waals surface area contributed by atoms with Crippen LogP contribution >= 0.6 is 12.2 Å². The van der Waals surface area contributed by atoms with Gasteiger partial charge in [0, 0.05) is 32.1 Å². The summed E-state index contributed by atoms with van der Waals surface area (Å²) in [6.45, 7) is 2.69. The highest BCUT2D eigenvalue weighted by Crippen LogP contribution is 2.23. The minimum atomic E-state index is 0.510. The zero-order chi connectivity index (χ0) is 18.8. The molecule has 0 bridgehead atoms. The smallest absolute Gasteiger partial charge is 0.166 e. The number of hydrogen-bond donors (Lipinski definition) is 3. The summed E-state index contributed by atoms with van der Waals surface area (Å²) in [5, 5.41) is 20.3. The first-order valence-electron chi connectivity index (χ1n) is 8.31. The van der Waals surface area contributed by atoms with E-state index < -0.39 is 0 Å². The van der Waals surface area contributed by atoms with Crippen molar-refractivity contribution in [1.29, 1.82) is 5.26 Å². The van der Waals surface area contributed by atoms with Gasteiger partial charge in [-0.1, -0.05) is 0 Å². The number of methoxy groups -OCH3 is 2. The number of nitrogens with one attached hydrogen (secondary N) is 3. The summed E-state index contributed by atoms with van der Waals surface area (Å²) in [5.41, 5.74) is 1.32. The number of fused-ring (bicyclic) bond motifs is 1. The summed E-state index contributed by atoms with van der Waals surface area (Å²) in [5.74, 6) is 1.33. The topological polar surface area (TPSA) is 91.2 Å². The van der Waals surface area contributed by atoms with Gasteiger partial charge in [0.25, 0.3) is 0 Å². The van der Waals surface area contributed by atoms with Crippen LogP contribution in [0.15, 0.2) is 24.3 Å². The van der Waals surface area contributed by atoms with Gasteiger partial charge in [0.2, 0.25) is 0 Å². The molecule has 0 aliphatic carbocycles. The van der Waals surface area contributed by atoms with Crippen LogP contribution in [-0.2, 0) is 4.74 Å². The Balaban J connectivity index is 1.86. The molecule has 138 valence electrons. The van der Waals surface area contributed by atoms with Crippen LogP contribution < -0.4 is 20.7 Å². The van der Waals surface area contributed by atoms with Crippen LogP contribution in [0.4, 0.5) is 5.82 Å². The summed E-state index contributed by atoms with van der Waals surface area (Å²) in [7, 11) is 3.26. The first-order chi connectivity index (χ1) is 12.7. The number of pyridine rings is 1. The molecular weight excluding hydrogens is 350 g/mol. The summed E-state index contributed by atoms with van der Waals surface area (Å²) in [4.78, 5) is 4.54. The van der Waals surface area contributed by atoms with E-state index in [2.05, 4.69) is 27.0 Å². The van der Waals surface area contributed by atoms with Gasteiger partial charge in [0.15, 0.2) is 5.11 Å². The molecule has 0 unspecified atom stereocenters. The van der Waals surface area contributed by atoms with Crippen molar-refractivity contribution in [1.82, 2.24) is 15.6 Å². The Morgan fingerprint density at radius 3 is 2.73 bits per heavy atom. The van der Waals surface area contributed by atoms with E-state index in [1.165, 1.54) is 0 Å². The van der Waals surface area contributed by atoms with Crippen LogP contribution in [-0.4, -0.2) is 50.6 Å². The minimum absolute atomic E-state index is 0.510. The molecule has 1 heterocycles. The molecule has 0 aliphatic rings. The van der Waals surface area contributed by atoms with E-state index in [4.69, 9.17) is 21.7 Å². The van der Waals surface area contributed by atoms with Gasteiger partial charge in [-0.15, -0.1) is 0 Å². The van der Waals surface area contributed by atoms with E-state index in [0.717, 1.165) is 29.6 Å². The van der Waals surface area contributed by atoms with Gasteiger partial charge in [0.1, 0.15) is 17.6 Å². The molecule has 2 rings (SSSR count). The van der Waals surface area contributed by atoms with E-state index in [-0.39, 0.29) is 0 Å². The summed E-state index contributed by atoms with van der Waals surface area (Å²) in [6.07, 6.45) is 0.833. The van der Waals surface area contributed by atoms with Gasteiger partial charge < -0.3 is 25.4 Å². The molecule has 26 heavy (non-hydrogen) atoms. The number of hydrogen-bond acceptors (Lipinski definition) is 6. The maximum Gasteiger partial charge on any atom is 0.166 e. The van der Waals surface area contributed by atoms with Crippen molar-refractivity contribution in [2.24, 2.45) is 0 Å². The van der Waals surface area contributed by atoms with E-state index in [0.29, 0.717) is 36.2 Å². The van der Waals surface area contributed by atoms with Crippen molar-refractivity contribution < 1.29 is 9.47 Å². The highest BCUT2D eigenvalue weighted by Gasteiger charge is 2.07. The predicted octanol–water partition coefficient (Wildman–Crippen LogP) is 2.03. The number of ether oxygens (including phenoxy) is 2. The third kappa shape index (κ3) is 5.72. The SMILES string of the molecule is COCCNC(=S)NCCCNc1nc2ccc(OC)cc2cc1C#N. The maximum absolute atomic E-state index is 9.37. The van der Waals surface area contributed by atoms with Gasteiger partial charge in [-0.3, -0.25) is 0 Å². The average molecular weight is 373 g/mol. The third-order valence-electron chi connectivity index (χ3n) is 3.67. The Morgan fingerprint density at radius 1 is 1.19 bits per heavy atom. The molecule has 0 atom stereocenters. The molecule has 0 amide bonds. The molecule has 0 spiro atoms. The lowest BCUT2D eigenvalue weighted by Crippen LogP contribution is -2.37. The normalized spacial score (nSPS) is 10.2. The molecule has 1 aromatic heterocycles. The Labute approximate surface area is 158 Å². The lowest BCUT2D eigenvalue weighted by atomic mass is 10.1. The number of benzene rings is 1. The fourth-order valence-corrected chi connectivity index (χ4v) is 2.53. The van der Waals surface area contributed by atoms with Crippen molar-refractivity contribution >= 4 is 34.1 Å². The fourth-order valence-electron chi connectivity index (χ4n) is 2.33. The molecule has 0 saturated heterocycles. The molecule has 7 nitrogen and oxygen atoms in total. The Bertz CT molecular complexity index is 791. The van der Waals surface area contributed by atoms with Crippen LogP contribution in [0, 0.1) is 11.3 Å². The molecule has 0 radical (unpaired) electrons. The molecule has 3 N–H and O–H groups in total. The van der Waals surface area contributed by atoms with Crippen LogP contribution in [0.5, 0.6) is 5.75 Å². The Hall–Kier alpha value is -2.63. The number of nitriles is 1. The molecule has 0 aliphatic heterocycles. The first-order valence-corrected chi connectivity index (χ1v) is 8.72. The van der Waals surface area contributed by atoms with E-state index >= 15 is 0 Å². The van der Waals surface area contributed by atoms with E-state index in [1.807, 2.05) is 24.3 Å². The van der Waals surface area contributed by atoms with Gasteiger partial charge >= 0.3 is 0 Å². The lowest BCUT2D eigenvalue weighted by molar-refractivity contribution is 0.204. The van der Waals surface area contributed by atoms with Crippen LogP contribution in [0.3, 0.4) is 0 Å². The fraction of sp³-hybridized carbons (Fsp3) is 0.389. The van der Waals surface area contributed by atoms with Gasteiger partial charge in [-0.05, 0) is 42.9 Å². The number of nitrogens with zero attached hydrogens (tertiary/aromatic N) is 2. The summed E-state index contributed by atoms with van der Waals surface area (Å²) in [6, 6.07) is 9.61. The Kier molecular flexibility index (Phi) is 7.86. The second kappa shape index (κ2) is 10.4. The molecule has 1 aromatic carbocycles. The average Bonchev–Trinajstić information content (AvgIpc) is 2.66. The van der Waals surface area contributed by atoms with E-state index in [1.54, 1.807) is 14.2 Å². The zero-order valence-corrected chi connectivity index (χ0v) is 15.8. The molecule has 2 aromatic rings. The van der Waals surface area contributed by atoms with Crippen molar-refractivity contribution in [3.05, 3.63) is 29.8 Å². The second-order valence-electron chi connectivity index (χ2n) is 5.51. The predicted molar refractivity (Wildman–Crippen MR) is 107 cm³/mol. The quantitative estimate of drug-likeness (QED) is 0.454. The van der Waals surface area contributed by atoms with Gasteiger partial charge in [-0.25, -0.2) is 4.98 Å². The van der Waals surface area contributed by atoms with Crippen molar-refractivity contribution in [2.75, 3.05) is 45.8 Å². The highest BCUT2D eigenvalue weighted by molar-refractivity contribution is 7.80. The first kappa shape index (κ1) is 19.7. The lowest BCUT2D eigenvalue weighted by Gasteiger charge is -2.11. The van der Waals surface area contributed by atoms with Crippen LogP contribution in [0.2, 0.25) is 0 Å². The van der Waals surface area contributed by atoms with Gasteiger partial charge in [-0.2, -0.15) is 5.26 Å². The van der Waals surface area contributed by atoms with Crippen LogP contribution in [0.25, 0.3) is 10.9 Å². The standard InChI is InChI=1S/C18H23N5O2S/c1-24-9-8-22-18(26)21-7-3-6-20-17-14(12-19)10-13-11-15(25-2)4-5-16(13)23-17/h4-5,10-11H,3,6-9H2,1-2H3,(H,20,23)(H2,21,22,26). The number of thiocarbonyl (C=S) groups is 1. The Morgan fingerprint density at radius 2 is 2.00 bits per heavy atom.